The van der Waals surface area contributed by atoms with Gasteiger partial charge in [-0.1, -0.05) is 19.9 Å². The van der Waals surface area contributed by atoms with Crippen LogP contribution in [0.25, 0.3) is 0 Å². The summed E-state index contributed by atoms with van der Waals surface area (Å²) in [6, 6.07) is 0. The molecule has 4 saturated carbocycles. The third kappa shape index (κ3) is 2.33. The lowest BCUT2D eigenvalue weighted by Crippen LogP contribution is -2.63. The first-order chi connectivity index (χ1) is 12.6. The van der Waals surface area contributed by atoms with Crippen LogP contribution in [0.4, 0.5) is 0 Å². The molecule has 8 atom stereocenters. The van der Waals surface area contributed by atoms with Crippen molar-refractivity contribution in [1.29, 1.82) is 0 Å². The Kier molecular flexibility index (Phi) is 4.09. The summed E-state index contributed by atoms with van der Waals surface area (Å²) in [5, 5.41) is 21.2. The van der Waals surface area contributed by atoms with Gasteiger partial charge in [0.2, 0.25) is 0 Å². The van der Waals surface area contributed by atoms with E-state index < -0.39 is 17.5 Å². The summed E-state index contributed by atoms with van der Waals surface area (Å²) in [4.78, 5) is 24.1. The van der Waals surface area contributed by atoms with Gasteiger partial charge in [-0.25, -0.2) is 0 Å². The van der Waals surface area contributed by atoms with Gasteiger partial charge in [0.05, 0.1) is 11.5 Å². The van der Waals surface area contributed by atoms with Gasteiger partial charge in [-0.05, 0) is 68.3 Å². The molecular formula is C22H32O5. The van der Waals surface area contributed by atoms with Gasteiger partial charge in [0.25, 0.3) is 0 Å². The first-order valence-electron chi connectivity index (χ1n) is 10.3. The first-order valence-corrected chi connectivity index (χ1v) is 10.3. The molecule has 150 valence electrons. The number of carbonyl (C=O) groups is 2. The average Bonchev–Trinajstić information content (AvgIpc) is 2.75. The van der Waals surface area contributed by atoms with Crippen LogP contribution in [0.1, 0.15) is 65.7 Å². The van der Waals surface area contributed by atoms with Crippen LogP contribution in [-0.4, -0.2) is 34.4 Å². The topological polar surface area (TPSA) is 83.8 Å². The highest BCUT2D eigenvalue weighted by Gasteiger charge is 2.70. The van der Waals surface area contributed by atoms with E-state index in [4.69, 9.17) is 4.74 Å². The van der Waals surface area contributed by atoms with Crippen LogP contribution < -0.4 is 0 Å². The Morgan fingerprint density at radius 1 is 1.22 bits per heavy atom. The van der Waals surface area contributed by atoms with Crippen LogP contribution >= 0.6 is 0 Å². The number of hydrogen-bond acceptors (Lipinski definition) is 4. The lowest BCUT2D eigenvalue weighted by Gasteiger charge is -2.64. The lowest BCUT2D eigenvalue weighted by molar-refractivity contribution is -0.220. The van der Waals surface area contributed by atoms with Gasteiger partial charge >= 0.3 is 11.9 Å². The number of ether oxygens (including phenoxy) is 1. The molecule has 0 aromatic heterocycles. The number of aliphatic hydroxyl groups is 1. The Balaban J connectivity index is 1.83. The summed E-state index contributed by atoms with van der Waals surface area (Å²) < 4.78 is 5.84. The second-order valence-corrected chi connectivity index (χ2v) is 10.1. The summed E-state index contributed by atoms with van der Waals surface area (Å²) in [7, 11) is 0. The van der Waals surface area contributed by atoms with E-state index in [0.717, 1.165) is 37.7 Å². The number of hydrogen-bond donors (Lipinski definition) is 2. The summed E-state index contributed by atoms with van der Waals surface area (Å²) >= 11 is 0. The molecule has 2 N–H and O–H groups in total. The number of aliphatic carboxylic acids is 1. The van der Waals surface area contributed by atoms with E-state index in [9.17, 15) is 19.8 Å². The van der Waals surface area contributed by atoms with Gasteiger partial charge in [-0.15, -0.1) is 0 Å². The van der Waals surface area contributed by atoms with Crippen molar-refractivity contribution < 1.29 is 24.5 Å². The van der Waals surface area contributed by atoms with E-state index in [1.54, 1.807) is 0 Å². The Morgan fingerprint density at radius 3 is 2.56 bits per heavy atom. The Morgan fingerprint density at radius 2 is 1.93 bits per heavy atom. The Hall–Kier alpha value is -1.36. The fourth-order valence-corrected chi connectivity index (χ4v) is 8.02. The molecule has 0 heterocycles. The summed E-state index contributed by atoms with van der Waals surface area (Å²) in [6.07, 6.45) is 4.82. The fraction of sp³-hybridized carbons (Fsp3) is 0.818. The molecule has 0 amide bonds. The van der Waals surface area contributed by atoms with Crippen molar-refractivity contribution in [2.75, 3.05) is 0 Å². The molecule has 0 unspecified atom stereocenters. The molecule has 5 heteroatoms. The number of fused-ring (bicyclic) bond motifs is 3. The first kappa shape index (κ1) is 19.0. The van der Waals surface area contributed by atoms with E-state index in [1.165, 1.54) is 6.92 Å². The Labute approximate surface area is 161 Å². The number of carbonyl (C=O) groups excluding carboxylic acids is 1. The van der Waals surface area contributed by atoms with Gasteiger partial charge < -0.3 is 14.9 Å². The zero-order valence-electron chi connectivity index (χ0n) is 16.7. The maximum Gasteiger partial charge on any atom is 0.309 e. The SMILES string of the molecule is C=C1[C@H]2C[C@H](OC(C)=O)[C@H]3[C@]4(C)CCC[C@@](C)(C(=O)O)[C@H]4CC[C@]3(C2)[C@@H]1O. The molecular weight excluding hydrogens is 344 g/mol. The quantitative estimate of drug-likeness (QED) is 0.569. The molecule has 2 bridgehead atoms. The van der Waals surface area contributed by atoms with E-state index >= 15 is 0 Å². The molecule has 4 fully saturated rings. The fourth-order valence-electron chi connectivity index (χ4n) is 8.02. The van der Waals surface area contributed by atoms with Crippen molar-refractivity contribution in [1.82, 2.24) is 0 Å². The van der Waals surface area contributed by atoms with Gasteiger partial charge in [0, 0.05) is 18.3 Å². The molecule has 0 aromatic rings. The molecule has 0 aliphatic heterocycles. The van der Waals surface area contributed by atoms with Crippen LogP contribution in [0.5, 0.6) is 0 Å². The van der Waals surface area contributed by atoms with Crippen molar-refractivity contribution >= 4 is 11.9 Å². The molecule has 4 aliphatic rings. The molecule has 27 heavy (non-hydrogen) atoms. The summed E-state index contributed by atoms with van der Waals surface area (Å²) in [6.45, 7) is 9.72. The monoisotopic (exact) mass is 376 g/mol. The number of carboxylic acid groups (broad SMARTS) is 1. The highest BCUT2D eigenvalue weighted by Crippen LogP contribution is 2.72. The molecule has 4 aliphatic carbocycles. The highest BCUT2D eigenvalue weighted by atomic mass is 16.5. The lowest BCUT2D eigenvalue weighted by atomic mass is 9.40. The van der Waals surface area contributed by atoms with Crippen molar-refractivity contribution in [2.24, 2.45) is 34.0 Å². The van der Waals surface area contributed by atoms with Crippen molar-refractivity contribution in [3.05, 3.63) is 12.2 Å². The molecule has 0 radical (unpaired) electrons. The number of rotatable bonds is 2. The van der Waals surface area contributed by atoms with Gasteiger partial charge in [0.1, 0.15) is 6.10 Å². The third-order valence-electron chi connectivity index (χ3n) is 8.95. The van der Waals surface area contributed by atoms with Crippen LogP contribution in [0.15, 0.2) is 12.2 Å². The van der Waals surface area contributed by atoms with Gasteiger partial charge in [0.15, 0.2) is 0 Å². The average molecular weight is 376 g/mol. The van der Waals surface area contributed by atoms with E-state index in [2.05, 4.69) is 13.5 Å². The van der Waals surface area contributed by atoms with E-state index in [-0.39, 0.29) is 40.7 Å². The van der Waals surface area contributed by atoms with Crippen LogP contribution in [0.3, 0.4) is 0 Å². The highest BCUT2D eigenvalue weighted by molar-refractivity contribution is 5.75. The number of carboxylic acids is 1. The van der Waals surface area contributed by atoms with Gasteiger partial charge in [-0.3, -0.25) is 9.59 Å². The number of esters is 1. The van der Waals surface area contributed by atoms with Gasteiger partial charge in [-0.2, -0.15) is 0 Å². The third-order valence-corrected chi connectivity index (χ3v) is 8.95. The van der Waals surface area contributed by atoms with Crippen LogP contribution in [0, 0.1) is 34.0 Å². The zero-order valence-corrected chi connectivity index (χ0v) is 16.7. The molecule has 0 aromatic carbocycles. The smallest absolute Gasteiger partial charge is 0.309 e. The molecule has 1 spiro atoms. The van der Waals surface area contributed by atoms with Crippen molar-refractivity contribution in [3.8, 4) is 0 Å². The molecule has 4 rings (SSSR count). The molecule has 5 nitrogen and oxygen atoms in total. The van der Waals surface area contributed by atoms with Crippen LogP contribution in [-0.2, 0) is 14.3 Å². The number of aliphatic hydroxyl groups excluding tert-OH is 1. The zero-order chi connectivity index (χ0) is 19.8. The summed E-state index contributed by atoms with van der Waals surface area (Å²) in [5.41, 5.74) is -0.469. The normalized spacial score (nSPS) is 51.3. The Bertz CT molecular complexity index is 701. The maximum atomic E-state index is 12.2. The minimum absolute atomic E-state index is 0.0166. The standard InChI is InChI=1S/C22H32O5/c1-12-14-10-15(27-13(2)23)17-20(3)7-5-8-21(4,19(25)26)16(20)6-9-22(17,11-14)18(12)24/h14-18,24H,1,5-11H2,2-4H3,(H,25,26)/t14-,15-,16-,17-,18+,20+,21+,22+/m0/s1. The summed E-state index contributed by atoms with van der Waals surface area (Å²) in [5.74, 6) is -0.808. The largest absolute Gasteiger partial charge is 0.481 e. The van der Waals surface area contributed by atoms with Crippen molar-refractivity contribution in [2.45, 2.75) is 77.9 Å². The second-order valence-electron chi connectivity index (χ2n) is 10.1. The predicted octanol–water partition coefficient (Wildman–Crippen LogP) is 3.55. The van der Waals surface area contributed by atoms with E-state index in [0.29, 0.717) is 12.8 Å². The van der Waals surface area contributed by atoms with Crippen molar-refractivity contribution in [3.63, 3.8) is 0 Å². The predicted molar refractivity (Wildman–Crippen MR) is 99.8 cm³/mol. The minimum Gasteiger partial charge on any atom is -0.481 e. The van der Waals surface area contributed by atoms with E-state index in [1.807, 2.05) is 6.92 Å². The molecule has 0 saturated heterocycles. The minimum atomic E-state index is -0.757. The second kappa shape index (κ2) is 5.82. The van der Waals surface area contributed by atoms with Crippen LogP contribution in [0.2, 0.25) is 0 Å². The maximum absolute atomic E-state index is 12.2.